The van der Waals surface area contributed by atoms with Gasteiger partial charge in [0.2, 0.25) is 0 Å². The van der Waals surface area contributed by atoms with Gasteiger partial charge in [0.1, 0.15) is 5.60 Å². The first kappa shape index (κ1) is 16.0. The van der Waals surface area contributed by atoms with Crippen LogP contribution < -0.4 is 0 Å². The summed E-state index contributed by atoms with van der Waals surface area (Å²) < 4.78 is 5.46. The monoisotopic (exact) mass is 311 g/mol. The standard InChI is InChI=1S/C15H22ClN3O2/c1-15(2,3)21-14(20)19-10-4-5-12(19)8-6-11-7-9-13(16)18-17-11/h7,9,12H,4-6,8,10H2,1-3H3. The van der Waals surface area contributed by atoms with Crippen molar-refractivity contribution in [1.82, 2.24) is 15.1 Å². The molecule has 0 radical (unpaired) electrons. The number of hydrogen-bond donors (Lipinski definition) is 0. The Labute approximate surface area is 130 Å². The van der Waals surface area contributed by atoms with E-state index in [-0.39, 0.29) is 12.1 Å². The van der Waals surface area contributed by atoms with Gasteiger partial charge in [0.15, 0.2) is 5.15 Å². The minimum atomic E-state index is -0.453. The van der Waals surface area contributed by atoms with E-state index in [1.165, 1.54) is 0 Å². The molecule has 1 unspecified atom stereocenters. The maximum Gasteiger partial charge on any atom is 0.410 e. The van der Waals surface area contributed by atoms with Crippen LogP contribution in [0.1, 0.15) is 45.7 Å². The van der Waals surface area contributed by atoms with Crippen molar-refractivity contribution in [3.05, 3.63) is 23.0 Å². The fourth-order valence-corrected chi connectivity index (χ4v) is 2.59. The van der Waals surface area contributed by atoms with E-state index < -0.39 is 5.60 Å². The third kappa shape index (κ3) is 4.84. The van der Waals surface area contributed by atoms with Crippen molar-refractivity contribution in [2.45, 2.75) is 58.1 Å². The molecule has 0 aliphatic carbocycles. The molecule has 1 aromatic rings. The molecule has 0 saturated carbocycles. The lowest BCUT2D eigenvalue weighted by molar-refractivity contribution is 0.0220. The summed E-state index contributed by atoms with van der Waals surface area (Å²) in [6.45, 7) is 6.43. The van der Waals surface area contributed by atoms with Crippen molar-refractivity contribution in [1.29, 1.82) is 0 Å². The Morgan fingerprint density at radius 1 is 1.43 bits per heavy atom. The summed E-state index contributed by atoms with van der Waals surface area (Å²) in [5.41, 5.74) is 0.446. The molecular formula is C15H22ClN3O2. The number of likely N-dealkylation sites (tertiary alicyclic amines) is 1. The van der Waals surface area contributed by atoms with Crippen molar-refractivity contribution in [3.63, 3.8) is 0 Å². The lowest BCUT2D eigenvalue weighted by Crippen LogP contribution is -2.40. The Balaban J connectivity index is 1.90. The molecule has 1 aromatic heterocycles. The summed E-state index contributed by atoms with van der Waals surface area (Å²) in [5, 5.41) is 8.29. The average Bonchev–Trinajstić information content (AvgIpc) is 2.84. The first-order chi connectivity index (χ1) is 9.85. The highest BCUT2D eigenvalue weighted by molar-refractivity contribution is 6.29. The molecule has 1 aliphatic heterocycles. The van der Waals surface area contributed by atoms with Crippen molar-refractivity contribution < 1.29 is 9.53 Å². The van der Waals surface area contributed by atoms with Gasteiger partial charge in [-0.05, 0) is 58.6 Å². The second kappa shape index (κ2) is 6.60. The summed E-state index contributed by atoms with van der Waals surface area (Å²) in [5.74, 6) is 0. The molecule has 0 aromatic carbocycles. The number of nitrogens with zero attached hydrogens (tertiary/aromatic N) is 3. The first-order valence-corrected chi connectivity index (χ1v) is 7.71. The van der Waals surface area contributed by atoms with Gasteiger partial charge in [-0.25, -0.2) is 4.79 Å². The van der Waals surface area contributed by atoms with Gasteiger partial charge in [0.05, 0.1) is 5.69 Å². The summed E-state index contributed by atoms with van der Waals surface area (Å²) in [4.78, 5) is 14.0. The fourth-order valence-electron chi connectivity index (χ4n) is 2.49. The maximum atomic E-state index is 12.2. The molecule has 1 fully saturated rings. The Morgan fingerprint density at radius 2 is 2.19 bits per heavy atom. The number of aryl methyl sites for hydroxylation is 1. The van der Waals surface area contributed by atoms with Gasteiger partial charge in [0, 0.05) is 12.6 Å². The van der Waals surface area contributed by atoms with Crippen LogP contribution in [0.4, 0.5) is 4.79 Å². The van der Waals surface area contributed by atoms with Gasteiger partial charge >= 0.3 is 6.09 Å². The van der Waals surface area contributed by atoms with Crippen LogP contribution in [-0.2, 0) is 11.2 Å². The topological polar surface area (TPSA) is 55.3 Å². The van der Waals surface area contributed by atoms with E-state index in [0.29, 0.717) is 5.15 Å². The molecule has 116 valence electrons. The van der Waals surface area contributed by atoms with Gasteiger partial charge < -0.3 is 9.64 Å². The van der Waals surface area contributed by atoms with Gasteiger partial charge in [-0.1, -0.05) is 11.6 Å². The molecule has 0 N–H and O–H groups in total. The molecule has 6 heteroatoms. The van der Waals surface area contributed by atoms with E-state index >= 15 is 0 Å². The Bertz CT molecular complexity index is 485. The summed E-state index contributed by atoms with van der Waals surface area (Å²) in [6, 6.07) is 3.84. The SMILES string of the molecule is CC(C)(C)OC(=O)N1CCCC1CCc1ccc(Cl)nn1. The van der Waals surface area contributed by atoms with Crippen LogP contribution in [-0.4, -0.2) is 39.4 Å². The second-order valence-corrected chi connectivity index (χ2v) is 6.74. The minimum absolute atomic E-state index is 0.216. The van der Waals surface area contributed by atoms with Crippen molar-refractivity contribution >= 4 is 17.7 Å². The number of aromatic nitrogens is 2. The Kier molecular flexibility index (Phi) is 5.04. The number of carbonyl (C=O) groups excluding carboxylic acids is 1. The number of hydrogen-bond acceptors (Lipinski definition) is 4. The molecule has 1 amide bonds. The van der Waals surface area contributed by atoms with Crippen molar-refractivity contribution in [2.75, 3.05) is 6.54 Å². The quantitative estimate of drug-likeness (QED) is 0.857. The molecule has 0 spiro atoms. The van der Waals surface area contributed by atoms with E-state index in [4.69, 9.17) is 16.3 Å². The van der Waals surface area contributed by atoms with Crippen LogP contribution >= 0.6 is 11.6 Å². The van der Waals surface area contributed by atoms with Crippen LogP contribution in [0.3, 0.4) is 0 Å². The molecule has 2 rings (SSSR count). The number of halogens is 1. The molecular weight excluding hydrogens is 290 g/mol. The van der Waals surface area contributed by atoms with Crippen molar-refractivity contribution in [3.8, 4) is 0 Å². The highest BCUT2D eigenvalue weighted by atomic mass is 35.5. The summed E-state index contributed by atoms with van der Waals surface area (Å²) in [7, 11) is 0. The molecule has 0 bridgehead atoms. The number of carbonyl (C=O) groups is 1. The van der Waals surface area contributed by atoms with Gasteiger partial charge in [-0.15, -0.1) is 5.10 Å². The number of rotatable bonds is 3. The van der Waals surface area contributed by atoms with Gasteiger partial charge in [0.25, 0.3) is 0 Å². The van der Waals surface area contributed by atoms with Crippen LogP contribution in [0.2, 0.25) is 5.15 Å². The third-order valence-electron chi connectivity index (χ3n) is 3.43. The van der Waals surface area contributed by atoms with Gasteiger partial charge in [-0.3, -0.25) is 0 Å². The van der Waals surface area contributed by atoms with Gasteiger partial charge in [-0.2, -0.15) is 5.10 Å². The Morgan fingerprint density at radius 3 is 2.81 bits per heavy atom. The van der Waals surface area contributed by atoms with E-state index in [2.05, 4.69) is 10.2 Å². The van der Waals surface area contributed by atoms with Crippen LogP contribution in [0.25, 0.3) is 0 Å². The average molecular weight is 312 g/mol. The van der Waals surface area contributed by atoms with E-state index in [9.17, 15) is 4.79 Å². The van der Waals surface area contributed by atoms with Crippen LogP contribution in [0, 0.1) is 0 Å². The zero-order valence-electron chi connectivity index (χ0n) is 12.8. The zero-order chi connectivity index (χ0) is 15.5. The van der Waals surface area contributed by atoms with E-state index in [0.717, 1.165) is 37.9 Å². The molecule has 1 saturated heterocycles. The third-order valence-corrected chi connectivity index (χ3v) is 3.63. The second-order valence-electron chi connectivity index (χ2n) is 6.36. The lowest BCUT2D eigenvalue weighted by atomic mass is 10.1. The lowest BCUT2D eigenvalue weighted by Gasteiger charge is -2.28. The molecule has 5 nitrogen and oxygen atoms in total. The predicted molar refractivity (Wildman–Crippen MR) is 81.3 cm³/mol. The molecule has 1 aliphatic rings. The first-order valence-electron chi connectivity index (χ1n) is 7.33. The normalized spacial score (nSPS) is 18.9. The predicted octanol–water partition coefficient (Wildman–Crippen LogP) is 3.46. The maximum absolute atomic E-state index is 12.2. The molecule has 21 heavy (non-hydrogen) atoms. The number of ether oxygens (including phenoxy) is 1. The van der Waals surface area contributed by atoms with E-state index in [1.807, 2.05) is 31.7 Å². The minimum Gasteiger partial charge on any atom is -0.444 e. The van der Waals surface area contributed by atoms with E-state index in [1.54, 1.807) is 6.07 Å². The molecule has 1 atom stereocenters. The number of amides is 1. The zero-order valence-corrected chi connectivity index (χ0v) is 13.6. The van der Waals surface area contributed by atoms with Crippen LogP contribution in [0.5, 0.6) is 0 Å². The summed E-state index contributed by atoms with van der Waals surface area (Å²) >= 11 is 5.72. The largest absolute Gasteiger partial charge is 0.444 e. The van der Waals surface area contributed by atoms with Crippen molar-refractivity contribution in [2.24, 2.45) is 0 Å². The fraction of sp³-hybridized carbons (Fsp3) is 0.667. The van der Waals surface area contributed by atoms with Crippen LogP contribution in [0.15, 0.2) is 12.1 Å². The summed E-state index contributed by atoms with van der Waals surface area (Å²) in [6.07, 6.45) is 3.48. The smallest absolute Gasteiger partial charge is 0.410 e. The molecule has 2 heterocycles. The Hall–Kier alpha value is -1.36. The highest BCUT2D eigenvalue weighted by Crippen LogP contribution is 2.24. The highest BCUT2D eigenvalue weighted by Gasteiger charge is 2.31.